The van der Waals surface area contributed by atoms with Crippen LogP contribution in [0.1, 0.15) is 12.5 Å². The summed E-state index contributed by atoms with van der Waals surface area (Å²) in [6.45, 7) is 1.30. The number of hydrogen-bond donors (Lipinski definition) is 2. The van der Waals surface area contributed by atoms with Gasteiger partial charge in [0.1, 0.15) is 0 Å². The SMILES string of the molecule is C[C@@H](NS(=O)(=O)c1ccccc1)C(=O)Nc1cccc(C(F)(F)F)c1. The second kappa shape index (κ2) is 7.24. The molecule has 1 atom stereocenters. The van der Waals surface area contributed by atoms with Gasteiger partial charge >= 0.3 is 6.18 Å². The van der Waals surface area contributed by atoms with Crippen molar-refractivity contribution in [2.24, 2.45) is 0 Å². The first kappa shape index (κ1) is 18.9. The Morgan fingerprint density at radius 1 is 1.04 bits per heavy atom. The van der Waals surface area contributed by atoms with Crippen LogP contribution in [-0.2, 0) is 21.0 Å². The average Bonchev–Trinajstić information content (AvgIpc) is 2.54. The molecule has 0 aliphatic heterocycles. The van der Waals surface area contributed by atoms with Crippen LogP contribution < -0.4 is 10.0 Å². The fraction of sp³-hybridized carbons (Fsp3) is 0.188. The second-order valence-corrected chi connectivity index (χ2v) is 6.94. The van der Waals surface area contributed by atoms with E-state index in [1.807, 2.05) is 0 Å². The standard InChI is InChI=1S/C16H15F3N2O3S/c1-11(21-25(23,24)14-8-3-2-4-9-14)15(22)20-13-7-5-6-12(10-13)16(17,18)19/h2-11,21H,1H3,(H,20,22)/t11-/m1/s1. The van der Waals surface area contributed by atoms with E-state index in [1.54, 1.807) is 6.07 Å². The number of carbonyl (C=O) groups is 1. The van der Waals surface area contributed by atoms with Crippen molar-refractivity contribution in [3.8, 4) is 0 Å². The molecule has 0 heterocycles. The minimum atomic E-state index is -4.54. The van der Waals surface area contributed by atoms with Crippen LogP contribution >= 0.6 is 0 Å². The zero-order valence-electron chi connectivity index (χ0n) is 13.0. The molecule has 0 unspecified atom stereocenters. The number of halogens is 3. The molecular formula is C16H15F3N2O3S. The molecule has 0 fully saturated rings. The Labute approximate surface area is 142 Å². The Kier molecular flexibility index (Phi) is 5.48. The van der Waals surface area contributed by atoms with Crippen LogP contribution in [0, 0.1) is 0 Å². The van der Waals surface area contributed by atoms with Crippen molar-refractivity contribution in [3.05, 3.63) is 60.2 Å². The predicted molar refractivity (Wildman–Crippen MR) is 86.3 cm³/mol. The topological polar surface area (TPSA) is 75.3 Å². The lowest BCUT2D eigenvalue weighted by Crippen LogP contribution is -2.41. The molecule has 134 valence electrons. The predicted octanol–water partition coefficient (Wildman–Crippen LogP) is 3.01. The van der Waals surface area contributed by atoms with Gasteiger partial charge in [0.2, 0.25) is 15.9 Å². The van der Waals surface area contributed by atoms with E-state index in [0.29, 0.717) is 0 Å². The number of rotatable bonds is 5. The summed E-state index contributed by atoms with van der Waals surface area (Å²) in [6.07, 6.45) is -4.54. The maximum Gasteiger partial charge on any atom is 0.416 e. The molecule has 0 saturated heterocycles. The molecule has 0 aromatic heterocycles. The number of benzene rings is 2. The van der Waals surface area contributed by atoms with E-state index in [-0.39, 0.29) is 10.6 Å². The molecule has 0 spiro atoms. The van der Waals surface area contributed by atoms with Crippen LogP contribution in [0.5, 0.6) is 0 Å². The fourth-order valence-corrected chi connectivity index (χ4v) is 3.20. The first-order valence-corrected chi connectivity index (χ1v) is 8.63. The summed E-state index contributed by atoms with van der Waals surface area (Å²) in [4.78, 5) is 12.0. The molecule has 2 aromatic carbocycles. The molecule has 9 heteroatoms. The van der Waals surface area contributed by atoms with Crippen LogP contribution in [0.15, 0.2) is 59.5 Å². The molecule has 2 rings (SSSR count). The zero-order valence-corrected chi connectivity index (χ0v) is 13.9. The summed E-state index contributed by atoms with van der Waals surface area (Å²) in [7, 11) is -3.92. The third kappa shape index (κ3) is 5.04. The van der Waals surface area contributed by atoms with Crippen LogP contribution in [0.3, 0.4) is 0 Å². The molecule has 1 amide bonds. The lowest BCUT2D eigenvalue weighted by Gasteiger charge is -2.15. The van der Waals surface area contributed by atoms with Crippen molar-refractivity contribution in [2.75, 3.05) is 5.32 Å². The molecule has 0 aliphatic rings. The minimum Gasteiger partial charge on any atom is -0.325 e. The molecule has 0 aliphatic carbocycles. The molecule has 2 N–H and O–H groups in total. The van der Waals surface area contributed by atoms with Gasteiger partial charge in [0, 0.05) is 5.69 Å². The number of amides is 1. The van der Waals surface area contributed by atoms with E-state index >= 15 is 0 Å². The number of nitrogens with one attached hydrogen (secondary N) is 2. The summed E-state index contributed by atoms with van der Waals surface area (Å²) in [5.74, 6) is -0.779. The van der Waals surface area contributed by atoms with Gasteiger partial charge in [-0.05, 0) is 37.3 Å². The van der Waals surface area contributed by atoms with E-state index in [1.165, 1.54) is 37.3 Å². The van der Waals surface area contributed by atoms with Crippen molar-refractivity contribution < 1.29 is 26.4 Å². The fourth-order valence-electron chi connectivity index (χ4n) is 1.98. The highest BCUT2D eigenvalue weighted by Gasteiger charge is 2.30. The normalized spacial score (nSPS) is 13.3. The van der Waals surface area contributed by atoms with Gasteiger partial charge in [-0.2, -0.15) is 17.9 Å². The van der Waals surface area contributed by atoms with Gasteiger partial charge < -0.3 is 5.32 Å². The van der Waals surface area contributed by atoms with Crippen LogP contribution in [0.2, 0.25) is 0 Å². The van der Waals surface area contributed by atoms with Crippen molar-refractivity contribution in [1.82, 2.24) is 4.72 Å². The van der Waals surface area contributed by atoms with Crippen LogP contribution in [0.25, 0.3) is 0 Å². The zero-order chi connectivity index (χ0) is 18.7. The van der Waals surface area contributed by atoms with E-state index in [2.05, 4.69) is 10.0 Å². The Morgan fingerprint density at radius 2 is 1.68 bits per heavy atom. The molecular weight excluding hydrogens is 357 g/mol. The Bertz CT molecular complexity index is 852. The first-order valence-electron chi connectivity index (χ1n) is 7.15. The van der Waals surface area contributed by atoms with E-state index < -0.39 is 33.7 Å². The Balaban J connectivity index is 2.09. The second-order valence-electron chi connectivity index (χ2n) is 5.22. The number of anilines is 1. The van der Waals surface area contributed by atoms with Crippen LogP contribution in [-0.4, -0.2) is 20.4 Å². The smallest absolute Gasteiger partial charge is 0.325 e. The number of hydrogen-bond acceptors (Lipinski definition) is 3. The molecule has 0 bridgehead atoms. The van der Waals surface area contributed by atoms with Gasteiger partial charge in [0.05, 0.1) is 16.5 Å². The number of alkyl halides is 3. The highest BCUT2D eigenvalue weighted by atomic mass is 32.2. The van der Waals surface area contributed by atoms with Gasteiger partial charge in [-0.15, -0.1) is 0 Å². The van der Waals surface area contributed by atoms with E-state index in [0.717, 1.165) is 18.2 Å². The summed E-state index contributed by atoms with van der Waals surface area (Å²) < 4.78 is 64.5. The maximum absolute atomic E-state index is 12.7. The summed E-state index contributed by atoms with van der Waals surface area (Å²) in [5, 5.41) is 2.26. The van der Waals surface area contributed by atoms with Gasteiger partial charge in [-0.3, -0.25) is 4.79 Å². The largest absolute Gasteiger partial charge is 0.416 e. The molecule has 5 nitrogen and oxygen atoms in total. The van der Waals surface area contributed by atoms with Crippen LogP contribution in [0.4, 0.5) is 18.9 Å². The summed E-state index contributed by atoms with van der Waals surface area (Å²) in [6, 6.07) is 10.3. The van der Waals surface area contributed by atoms with E-state index in [9.17, 15) is 26.4 Å². The first-order chi connectivity index (χ1) is 11.6. The lowest BCUT2D eigenvalue weighted by atomic mass is 10.2. The minimum absolute atomic E-state index is 0.0197. The lowest BCUT2D eigenvalue weighted by molar-refractivity contribution is -0.137. The summed E-state index contributed by atoms with van der Waals surface area (Å²) in [5.41, 5.74) is -0.992. The Morgan fingerprint density at radius 3 is 2.28 bits per heavy atom. The monoisotopic (exact) mass is 372 g/mol. The highest BCUT2D eigenvalue weighted by molar-refractivity contribution is 7.89. The third-order valence-corrected chi connectivity index (χ3v) is 4.79. The van der Waals surface area contributed by atoms with Gasteiger partial charge in [0.15, 0.2) is 0 Å². The van der Waals surface area contributed by atoms with Crippen molar-refractivity contribution in [3.63, 3.8) is 0 Å². The molecule has 2 aromatic rings. The van der Waals surface area contributed by atoms with Crippen molar-refractivity contribution in [1.29, 1.82) is 0 Å². The van der Waals surface area contributed by atoms with Gasteiger partial charge in [-0.25, -0.2) is 8.42 Å². The number of sulfonamides is 1. The Hall–Kier alpha value is -2.39. The van der Waals surface area contributed by atoms with E-state index in [4.69, 9.17) is 0 Å². The molecule has 0 saturated carbocycles. The van der Waals surface area contributed by atoms with Crippen molar-refractivity contribution >= 4 is 21.6 Å². The molecule has 25 heavy (non-hydrogen) atoms. The van der Waals surface area contributed by atoms with Crippen molar-refractivity contribution in [2.45, 2.75) is 24.0 Å². The third-order valence-electron chi connectivity index (χ3n) is 3.24. The average molecular weight is 372 g/mol. The number of carbonyl (C=O) groups excluding carboxylic acids is 1. The molecule has 0 radical (unpaired) electrons. The summed E-state index contributed by atoms with van der Waals surface area (Å²) >= 11 is 0. The quantitative estimate of drug-likeness (QED) is 0.847. The highest BCUT2D eigenvalue weighted by Crippen LogP contribution is 2.30. The van der Waals surface area contributed by atoms with Gasteiger partial charge in [0.25, 0.3) is 0 Å². The maximum atomic E-state index is 12.7. The van der Waals surface area contributed by atoms with Gasteiger partial charge in [-0.1, -0.05) is 24.3 Å².